The highest BCUT2D eigenvalue weighted by molar-refractivity contribution is 7.07. The van der Waals surface area contributed by atoms with Gasteiger partial charge in [-0.1, -0.05) is 42.5 Å². The minimum absolute atomic E-state index is 0.0602. The number of amides is 1. The molecule has 1 atom stereocenters. The van der Waals surface area contributed by atoms with Crippen LogP contribution in [0.15, 0.2) is 71.4 Å². The Labute approximate surface area is 195 Å². The average molecular weight is 448 g/mol. The minimum Gasteiger partial charge on any atom is -0.371 e. The summed E-state index contributed by atoms with van der Waals surface area (Å²) < 4.78 is 0. The molecule has 1 amide bonds. The predicted molar refractivity (Wildman–Crippen MR) is 134 cm³/mol. The molecule has 2 heterocycles. The smallest absolute Gasteiger partial charge is 0.224 e. The van der Waals surface area contributed by atoms with Crippen molar-refractivity contribution in [2.45, 2.75) is 51.2 Å². The molecule has 1 fully saturated rings. The van der Waals surface area contributed by atoms with E-state index in [0.29, 0.717) is 25.0 Å². The highest BCUT2D eigenvalue weighted by Gasteiger charge is 2.21. The number of hydrogen-bond acceptors (Lipinski definition) is 4. The van der Waals surface area contributed by atoms with Crippen molar-refractivity contribution in [3.05, 3.63) is 88.1 Å². The Morgan fingerprint density at radius 3 is 2.44 bits per heavy atom. The molecule has 0 spiro atoms. The van der Waals surface area contributed by atoms with Gasteiger partial charge in [0, 0.05) is 37.4 Å². The van der Waals surface area contributed by atoms with Gasteiger partial charge in [0.1, 0.15) is 0 Å². The number of nitrogens with zero attached hydrogens (tertiary/aromatic N) is 1. The van der Waals surface area contributed by atoms with Crippen LogP contribution in [0.1, 0.15) is 36.5 Å². The van der Waals surface area contributed by atoms with Gasteiger partial charge in [0.15, 0.2) is 0 Å². The first kappa shape index (κ1) is 22.6. The Balaban J connectivity index is 1.19. The second-order valence-electron chi connectivity index (χ2n) is 8.77. The minimum atomic E-state index is 0.0602. The molecule has 2 N–H and O–H groups in total. The third-order valence-corrected chi connectivity index (χ3v) is 6.87. The van der Waals surface area contributed by atoms with E-state index < -0.39 is 0 Å². The van der Waals surface area contributed by atoms with Gasteiger partial charge in [0.25, 0.3) is 0 Å². The monoisotopic (exact) mass is 447 g/mol. The summed E-state index contributed by atoms with van der Waals surface area (Å²) in [6.45, 7) is 5.00. The summed E-state index contributed by atoms with van der Waals surface area (Å²) in [5.41, 5.74) is 4.86. The first-order valence-electron chi connectivity index (χ1n) is 11.6. The highest BCUT2D eigenvalue weighted by atomic mass is 32.1. The molecule has 0 unspecified atom stereocenters. The molecule has 1 aliphatic rings. The summed E-state index contributed by atoms with van der Waals surface area (Å²) in [5, 5.41) is 11.2. The number of rotatable bonds is 9. The van der Waals surface area contributed by atoms with Crippen LogP contribution in [0.2, 0.25) is 0 Å². The van der Waals surface area contributed by atoms with Crippen LogP contribution in [0.4, 0.5) is 5.69 Å². The van der Waals surface area contributed by atoms with Crippen molar-refractivity contribution in [1.29, 1.82) is 0 Å². The summed E-state index contributed by atoms with van der Waals surface area (Å²) in [5.74, 6) is 0.0602. The third kappa shape index (κ3) is 6.68. The fourth-order valence-electron chi connectivity index (χ4n) is 4.40. The van der Waals surface area contributed by atoms with Crippen molar-refractivity contribution in [1.82, 2.24) is 10.6 Å². The van der Waals surface area contributed by atoms with Crippen molar-refractivity contribution in [2.75, 3.05) is 18.0 Å². The van der Waals surface area contributed by atoms with Gasteiger partial charge in [-0.15, -0.1) is 0 Å². The lowest BCUT2D eigenvalue weighted by molar-refractivity contribution is -0.120. The lowest BCUT2D eigenvalue weighted by Gasteiger charge is -2.35. The van der Waals surface area contributed by atoms with E-state index in [1.165, 1.54) is 11.3 Å². The maximum Gasteiger partial charge on any atom is 0.224 e. The van der Waals surface area contributed by atoms with Gasteiger partial charge in [-0.05, 0) is 71.8 Å². The van der Waals surface area contributed by atoms with Crippen molar-refractivity contribution in [3.8, 4) is 0 Å². The number of carbonyl (C=O) groups excluding carboxylic acids is 1. The number of nitrogens with one attached hydrogen (secondary N) is 2. The zero-order valence-corrected chi connectivity index (χ0v) is 19.6. The maximum absolute atomic E-state index is 12.3. The number of benzene rings is 2. The van der Waals surface area contributed by atoms with E-state index in [1.807, 2.05) is 30.3 Å². The van der Waals surface area contributed by atoms with E-state index in [2.05, 4.69) is 63.5 Å². The molecule has 2 aromatic carbocycles. The van der Waals surface area contributed by atoms with Gasteiger partial charge in [-0.25, -0.2) is 0 Å². The Hall–Kier alpha value is -2.63. The van der Waals surface area contributed by atoms with E-state index in [1.54, 1.807) is 11.3 Å². The summed E-state index contributed by atoms with van der Waals surface area (Å²) in [7, 11) is 0. The predicted octanol–water partition coefficient (Wildman–Crippen LogP) is 4.80. The molecule has 1 aliphatic heterocycles. The standard InChI is InChI=1S/C27H33N3OS/c1-21(17-24-13-16-32-20-24)29-25-11-14-30(15-12-25)26-9-7-22(8-10-26)18-27(31)28-19-23-5-3-2-4-6-23/h2-10,13,16,20-21,25,29H,11-12,14-15,17-19H2,1H3,(H,28,31)/t21-/m0/s1. The van der Waals surface area contributed by atoms with Gasteiger partial charge in [-0.3, -0.25) is 4.79 Å². The van der Waals surface area contributed by atoms with Crippen LogP contribution in [0.5, 0.6) is 0 Å². The Kier molecular flexibility index (Phi) is 7.97. The average Bonchev–Trinajstić information content (AvgIpc) is 3.32. The number of thiophene rings is 1. The van der Waals surface area contributed by atoms with Crippen LogP contribution in [0.3, 0.4) is 0 Å². The Morgan fingerprint density at radius 2 is 1.75 bits per heavy atom. The van der Waals surface area contributed by atoms with E-state index in [4.69, 9.17) is 0 Å². The SMILES string of the molecule is C[C@@H](Cc1ccsc1)NC1CCN(c2ccc(CC(=O)NCc3ccccc3)cc2)CC1. The number of hydrogen-bond donors (Lipinski definition) is 2. The number of carbonyl (C=O) groups is 1. The maximum atomic E-state index is 12.3. The Morgan fingerprint density at radius 1 is 1.00 bits per heavy atom. The van der Waals surface area contributed by atoms with E-state index in [9.17, 15) is 4.79 Å². The van der Waals surface area contributed by atoms with Crippen LogP contribution in [-0.4, -0.2) is 31.1 Å². The highest BCUT2D eigenvalue weighted by Crippen LogP contribution is 2.21. The molecular weight excluding hydrogens is 414 g/mol. The first-order chi connectivity index (χ1) is 15.7. The lowest BCUT2D eigenvalue weighted by atomic mass is 10.0. The van der Waals surface area contributed by atoms with Crippen LogP contribution in [0.25, 0.3) is 0 Å². The lowest BCUT2D eigenvalue weighted by Crippen LogP contribution is -2.46. The molecule has 168 valence electrons. The van der Waals surface area contributed by atoms with E-state index in [-0.39, 0.29) is 5.91 Å². The van der Waals surface area contributed by atoms with Crippen molar-refractivity contribution >= 4 is 22.9 Å². The zero-order valence-electron chi connectivity index (χ0n) is 18.8. The zero-order chi connectivity index (χ0) is 22.2. The Bertz CT molecular complexity index is 948. The molecule has 4 nitrogen and oxygen atoms in total. The van der Waals surface area contributed by atoms with Crippen molar-refractivity contribution in [2.24, 2.45) is 0 Å². The van der Waals surface area contributed by atoms with Gasteiger partial charge < -0.3 is 15.5 Å². The summed E-state index contributed by atoms with van der Waals surface area (Å²) in [4.78, 5) is 14.7. The molecule has 0 radical (unpaired) electrons. The second kappa shape index (κ2) is 11.3. The van der Waals surface area contributed by atoms with Gasteiger partial charge in [0.05, 0.1) is 6.42 Å². The van der Waals surface area contributed by atoms with Gasteiger partial charge >= 0.3 is 0 Å². The molecule has 1 aromatic heterocycles. The molecular formula is C27H33N3OS. The largest absolute Gasteiger partial charge is 0.371 e. The van der Waals surface area contributed by atoms with Gasteiger partial charge in [-0.2, -0.15) is 11.3 Å². The second-order valence-corrected chi connectivity index (χ2v) is 9.55. The van der Waals surface area contributed by atoms with Crippen molar-refractivity contribution < 1.29 is 4.79 Å². The quantitative estimate of drug-likeness (QED) is 0.495. The van der Waals surface area contributed by atoms with Crippen LogP contribution >= 0.6 is 11.3 Å². The molecule has 0 aliphatic carbocycles. The molecule has 0 bridgehead atoms. The summed E-state index contributed by atoms with van der Waals surface area (Å²) in [6.07, 6.45) is 3.85. The third-order valence-electron chi connectivity index (χ3n) is 6.14. The topological polar surface area (TPSA) is 44.4 Å². The first-order valence-corrected chi connectivity index (χ1v) is 12.5. The fourth-order valence-corrected chi connectivity index (χ4v) is 5.08. The fraction of sp³-hybridized carbons (Fsp3) is 0.370. The van der Waals surface area contributed by atoms with Crippen LogP contribution in [0, 0.1) is 0 Å². The van der Waals surface area contributed by atoms with Crippen LogP contribution in [-0.2, 0) is 24.2 Å². The normalized spacial score (nSPS) is 15.5. The van der Waals surface area contributed by atoms with Crippen LogP contribution < -0.4 is 15.5 Å². The summed E-state index contributed by atoms with van der Waals surface area (Å²) >= 11 is 1.77. The number of piperidine rings is 1. The molecule has 1 saturated heterocycles. The molecule has 0 saturated carbocycles. The van der Waals surface area contributed by atoms with Gasteiger partial charge in [0.2, 0.25) is 5.91 Å². The van der Waals surface area contributed by atoms with Crippen molar-refractivity contribution in [3.63, 3.8) is 0 Å². The molecule has 3 aromatic rings. The molecule has 5 heteroatoms. The number of anilines is 1. The summed E-state index contributed by atoms with van der Waals surface area (Å²) in [6, 6.07) is 21.8. The molecule has 4 rings (SSSR count). The molecule has 32 heavy (non-hydrogen) atoms. The van der Waals surface area contributed by atoms with E-state index in [0.717, 1.165) is 43.5 Å². The van der Waals surface area contributed by atoms with E-state index >= 15 is 0 Å².